The van der Waals surface area contributed by atoms with Crippen LogP contribution in [0.2, 0.25) is 0 Å². The minimum Gasteiger partial charge on any atom is -0.465 e. The smallest absolute Gasteiger partial charge is 0.340 e. The number of ether oxygens (including phenoxy) is 2. The molecule has 0 aliphatic carbocycles. The number of methoxy groups -OCH3 is 1. The first-order valence-electron chi connectivity index (χ1n) is 10.00. The lowest BCUT2D eigenvalue weighted by Gasteiger charge is -2.35. The second kappa shape index (κ2) is 8.31. The van der Waals surface area contributed by atoms with Crippen LogP contribution in [0, 0.1) is 0 Å². The second-order valence-electron chi connectivity index (χ2n) is 7.63. The number of esters is 1. The molecule has 0 bridgehead atoms. The summed E-state index contributed by atoms with van der Waals surface area (Å²) in [4.78, 5) is 20.1. The van der Waals surface area contributed by atoms with E-state index in [1.807, 2.05) is 54.6 Å². The molecule has 0 radical (unpaired) electrons. The number of carbonyl (C=O) groups is 1. The Morgan fingerprint density at radius 3 is 2.41 bits per heavy atom. The van der Waals surface area contributed by atoms with Crippen LogP contribution < -0.4 is 0 Å². The normalized spacial score (nSPS) is 20.0. The number of hydrogen-bond acceptors (Lipinski definition) is 5. The van der Waals surface area contributed by atoms with Crippen LogP contribution in [0.25, 0.3) is 22.0 Å². The number of hydrogen-bond donors (Lipinski definition) is 0. The van der Waals surface area contributed by atoms with Crippen molar-refractivity contribution in [2.45, 2.75) is 32.6 Å². The second-order valence-corrected chi connectivity index (χ2v) is 7.63. The summed E-state index contributed by atoms with van der Waals surface area (Å²) < 4.78 is 11.1. The van der Waals surface area contributed by atoms with E-state index in [0.29, 0.717) is 12.1 Å². The molecular weight excluding hydrogens is 364 g/mol. The summed E-state index contributed by atoms with van der Waals surface area (Å²) >= 11 is 0. The minimum atomic E-state index is -0.355. The topological polar surface area (TPSA) is 51.7 Å². The number of benzene rings is 2. The molecule has 1 aliphatic rings. The molecule has 1 saturated heterocycles. The maximum Gasteiger partial charge on any atom is 0.340 e. The molecule has 0 spiro atoms. The average Bonchev–Trinajstić information content (AvgIpc) is 2.72. The van der Waals surface area contributed by atoms with Gasteiger partial charge in [-0.1, -0.05) is 48.5 Å². The monoisotopic (exact) mass is 390 g/mol. The molecule has 5 heteroatoms. The molecule has 150 valence electrons. The number of morpholine rings is 1. The van der Waals surface area contributed by atoms with E-state index in [2.05, 4.69) is 18.7 Å². The highest BCUT2D eigenvalue weighted by molar-refractivity contribution is 6.07. The van der Waals surface area contributed by atoms with Crippen LogP contribution in [0.4, 0.5) is 0 Å². The molecule has 3 aromatic rings. The SMILES string of the molecule is COC(=O)c1c(CN2CC(C)OC(C)C2)nc2ccccc2c1-c1ccccc1. The van der Waals surface area contributed by atoms with Gasteiger partial charge in [0.15, 0.2) is 0 Å². The van der Waals surface area contributed by atoms with Gasteiger partial charge in [-0.3, -0.25) is 9.88 Å². The van der Waals surface area contributed by atoms with Crippen molar-refractivity contribution < 1.29 is 14.3 Å². The van der Waals surface area contributed by atoms with Crippen LogP contribution in [0.15, 0.2) is 54.6 Å². The maximum absolute atomic E-state index is 12.9. The predicted molar refractivity (Wildman–Crippen MR) is 114 cm³/mol. The Kier molecular flexibility index (Phi) is 5.60. The average molecular weight is 390 g/mol. The molecule has 4 rings (SSSR count). The van der Waals surface area contributed by atoms with Crippen LogP contribution in [-0.4, -0.2) is 48.3 Å². The summed E-state index contributed by atoms with van der Waals surface area (Å²) in [6, 6.07) is 18.0. The van der Waals surface area contributed by atoms with E-state index in [9.17, 15) is 4.79 Å². The van der Waals surface area contributed by atoms with Crippen molar-refractivity contribution in [1.82, 2.24) is 9.88 Å². The summed E-state index contributed by atoms with van der Waals surface area (Å²) in [7, 11) is 1.43. The van der Waals surface area contributed by atoms with Crippen LogP contribution in [-0.2, 0) is 16.0 Å². The predicted octanol–water partition coefficient (Wildman–Crippen LogP) is 4.30. The van der Waals surface area contributed by atoms with E-state index in [0.717, 1.165) is 40.8 Å². The molecule has 0 saturated carbocycles. The molecule has 1 aromatic heterocycles. The van der Waals surface area contributed by atoms with Gasteiger partial charge in [-0.05, 0) is 25.5 Å². The zero-order valence-electron chi connectivity index (χ0n) is 17.1. The lowest BCUT2D eigenvalue weighted by Crippen LogP contribution is -2.45. The number of aromatic nitrogens is 1. The van der Waals surface area contributed by atoms with Crippen molar-refractivity contribution >= 4 is 16.9 Å². The number of pyridine rings is 1. The fraction of sp³-hybridized carbons (Fsp3) is 0.333. The van der Waals surface area contributed by atoms with Crippen LogP contribution in [0.5, 0.6) is 0 Å². The van der Waals surface area contributed by atoms with Crippen molar-refractivity contribution in [2.75, 3.05) is 20.2 Å². The number of fused-ring (bicyclic) bond motifs is 1. The first kappa shape index (κ1) is 19.6. The molecule has 1 fully saturated rings. The third-order valence-corrected chi connectivity index (χ3v) is 5.29. The van der Waals surface area contributed by atoms with Crippen molar-refractivity contribution in [2.24, 2.45) is 0 Å². The van der Waals surface area contributed by atoms with E-state index in [-0.39, 0.29) is 18.2 Å². The molecule has 2 heterocycles. The highest BCUT2D eigenvalue weighted by Crippen LogP contribution is 2.34. The quantitative estimate of drug-likeness (QED) is 0.622. The van der Waals surface area contributed by atoms with Gasteiger partial charge < -0.3 is 9.47 Å². The summed E-state index contributed by atoms with van der Waals surface area (Å²) in [6.07, 6.45) is 0.295. The van der Waals surface area contributed by atoms with Gasteiger partial charge in [0, 0.05) is 30.6 Å². The zero-order chi connectivity index (χ0) is 20.4. The standard InChI is InChI=1S/C24H26N2O3/c1-16-13-26(14-17(2)29-16)15-21-23(24(27)28-3)22(18-9-5-4-6-10-18)19-11-7-8-12-20(19)25-21/h4-12,16-17H,13-15H2,1-3H3. The van der Waals surface area contributed by atoms with Crippen molar-refractivity contribution in [3.8, 4) is 11.1 Å². The summed E-state index contributed by atoms with van der Waals surface area (Å²) in [5.74, 6) is -0.355. The Balaban J connectivity index is 1.90. The molecule has 2 aromatic carbocycles. The first-order chi connectivity index (χ1) is 14.1. The third-order valence-electron chi connectivity index (χ3n) is 5.29. The zero-order valence-corrected chi connectivity index (χ0v) is 17.1. The van der Waals surface area contributed by atoms with E-state index < -0.39 is 0 Å². The first-order valence-corrected chi connectivity index (χ1v) is 10.00. The van der Waals surface area contributed by atoms with Gasteiger partial charge in [0.2, 0.25) is 0 Å². The van der Waals surface area contributed by atoms with E-state index >= 15 is 0 Å². The largest absolute Gasteiger partial charge is 0.465 e. The van der Waals surface area contributed by atoms with E-state index in [1.54, 1.807) is 0 Å². The Morgan fingerprint density at radius 1 is 1.07 bits per heavy atom. The van der Waals surface area contributed by atoms with E-state index in [4.69, 9.17) is 14.5 Å². The molecule has 0 N–H and O–H groups in total. The van der Waals surface area contributed by atoms with Gasteiger partial charge in [-0.15, -0.1) is 0 Å². The summed E-state index contributed by atoms with van der Waals surface area (Å²) in [5, 5.41) is 0.951. The Bertz CT molecular complexity index is 1010. The molecule has 0 amide bonds. The molecule has 2 atom stereocenters. The van der Waals surface area contributed by atoms with Crippen LogP contribution in [0.3, 0.4) is 0 Å². The highest BCUT2D eigenvalue weighted by Gasteiger charge is 2.27. The fourth-order valence-electron chi connectivity index (χ4n) is 4.23. The van der Waals surface area contributed by atoms with Crippen molar-refractivity contribution in [3.63, 3.8) is 0 Å². The molecule has 1 aliphatic heterocycles. The molecular formula is C24H26N2O3. The van der Waals surface area contributed by atoms with Gasteiger partial charge >= 0.3 is 5.97 Å². The molecule has 29 heavy (non-hydrogen) atoms. The van der Waals surface area contributed by atoms with Crippen LogP contribution in [0.1, 0.15) is 29.9 Å². The number of carbonyl (C=O) groups excluding carboxylic acids is 1. The number of nitrogens with zero attached hydrogens (tertiary/aromatic N) is 2. The Morgan fingerprint density at radius 2 is 1.72 bits per heavy atom. The van der Waals surface area contributed by atoms with Gasteiger partial charge in [0.05, 0.1) is 36.1 Å². The number of para-hydroxylation sites is 1. The van der Waals surface area contributed by atoms with Gasteiger partial charge in [-0.25, -0.2) is 4.79 Å². The minimum absolute atomic E-state index is 0.148. The lowest BCUT2D eigenvalue weighted by atomic mass is 9.93. The molecule has 2 unspecified atom stereocenters. The van der Waals surface area contributed by atoms with Gasteiger partial charge in [0.1, 0.15) is 0 Å². The third kappa shape index (κ3) is 4.02. The summed E-state index contributed by atoms with van der Waals surface area (Å²) in [6.45, 7) is 6.34. The van der Waals surface area contributed by atoms with Crippen molar-refractivity contribution in [1.29, 1.82) is 0 Å². The maximum atomic E-state index is 12.9. The van der Waals surface area contributed by atoms with Crippen LogP contribution >= 0.6 is 0 Å². The van der Waals surface area contributed by atoms with Gasteiger partial charge in [-0.2, -0.15) is 0 Å². The lowest BCUT2D eigenvalue weighted by molar-refractivity contribution is -0.0707. The molecule has 5 nitrogen and oxygen atoms in total. The Hall–Kier alpha value is -2.76. The Labute approximate surface area is 171 Å². The van der Waals surface area contributed by atoms with Crippen molar-refractivity contribution in [3.05, 3.63) is 65.9 Å². The van der Waals surface area contributed by atoms with Gasteiger partial charge in [0.25, 0.3) is 0 Å². The highest BCUT2D eigenvalue weighted by atomic mass is 16.5. The summed E-state index contributed by atoms with van der Waals surface area (Å²) in [5.41, 5.74) is 4.03. The van der Waals surface area contributed by atoms with E-state index in [1.165, 1.54) is 7.11 Å². The number of rotatable bonds is 4. The fourth-order valence-corrected chi connectivity index (χ4v) is 4.23.